The zero-order chi connectivity index (χ0) is 18.6. The molecule has 1 fully saturated rings. The number of nitrogens with zero attached hydrogens (tertiary/aromatic N) is 2. The van der Waals surface area contributed by atoms with Crippen molar-refractivity contribution in [1.82, 2.24) is 9.55 Å². The van der Waals surface area contributed by atoms with Gasteiger partial charge >= 0.3 is 5.97 Å². The Labute approximate surface area is 153 Å². The Kier molecular flexibility index (Phi) is 5.38. The SMILES string of the molecule is C=C=CC1(OC(=O)c2c(F)ncn2[C@H](C)c2ccccc2)CCCCC1. The summed E-state index contributed by atoms with van der Waals surface area (Å²) in [4.78, 5) is 16.5. The van der Waals surface area contributed by atoms with Crippen molar-refractivity contribution in [3.05, 3.63) is 72.3 Å². The van der Waals surface area contributed by atoms with Crippen LogP contribution in [0.5, 0.6) is 0 Å². The summed E-state index contributed by atoms with van der Waals surface area (Å²) in [7, 11) is 0. The van der Waals surface area contributed by atoms with E-state index in [1.807, 2.05) is 37.3 Å². The molecule has 3 rings (SSSR count). The molecule has 1 heterocycles. The maximum Gasteiger partial charge on any atom is 0.360 e. The van der Waals surface area contributed by atoms with Gasteiger partial charge in [-0.15, -0.1) is 5.73 Å². The zero-order valence-electron chi connectivity index (χ0n) is 15.0. The van der Waals surface area contributed by atoms with Gasteiger partial charge in [0.15, 0.2) is 5.69 Å². The molecule has 0 bridgehead atoms. The number of rotatable bonds is 5. The second-order valence-corrected chi connectivity index (χ2v) is 6.74. The highest BCUT2D eigenvalue weighted by Gasteiger charge is 2.36. The highest BCUT2D eigenvalue weighted by molar-refractivity contribution is 5.88. The maximum atomic E-state index is 14.3. The lowest BCUT2D eigenvalue weighted by Crippen LogP contribution is -2.36. The molecular formula is C21H23FN2O2. The summed E-state index contributed by atoms with van der Waals surface area (Å²) in [6.45, 7) is 5.51. The lowest BCUT2D eigenvalue weighted by molar-refractivity contribution is -0.0129. The molecule has 26 heavy (non-hydrogen) atoms. The Morgan fingerprint density at radius 1 is 1.35 bits per heavy atom. The van der Waals surface area contributed by atoms with Gasteiger partial charge < -0.3 is 9.30 Å². The molecule has 0 unspecified atom stereocenters. The summed E-state index contributed by atoms with van der Waals surface area (Å²) >= 11 is 0. The van der Waals surface area contributed by atoms with E-state index in [2.05, 4.69) is 17.3 Å². The summed E-state index contributed by atoms with van der Waals surface area (Å²) in [5, 5.41) is 0. The largest absolute Gasteiger partial charge is 0.449 e. The van der Waals surface area contributed by atoms with Gasteiger partial charge in [-0.25, -0.2) is 9.78 Å². The van der Waals surface area contributed by atoms with Crippen LogP contribution in [0, 0.1) is 5.95 Å². The van der Waals surface area contributed by atoms with Crippen molar-refractivity contribution in [1.29, 1.82) is 0 Å². The minimum Gasteiger partial charge on any atom is -0.449 e. The van der Waals surface area contributed by atoms with Gasteiger partial charge in [0, 0.05) is 6.08 Å². The second kappa shape index (κ2) is 7.71. The Morgan fingerprint density at radius 2 is 2.04 bits per heavy atom. The molecule has 1 saturated carbocycles. The van der Waals surface area contributed by atoms with E-state index in [1.54, 1.807) is 6.08 Å². The number of halogens is 1. The fourth-order valence-electron chi connectivity index (χ4n) is 3.56. The van der Waals surface area contributed by atoms with E-state index in [0.29, 0.717) is 12.8 Å². The number of aromatic nitrogens is 2. The molecule has 0 amide bonds. The number of esters is 1. The molecule has 1 aromatic carbocycles. The fourth-order valence-corrected chi connectivity index (χ4v) is 3.56. The third-order valence-electron chi connectivity index (χ3n) is 5.00. The van der Waals surface area contributed by atoms with Gasteiger partial charge in [0.25, 0.3) is 0 Å². The van der Waals surface area contributed by atoms with Gasteiger partial charge in [-0.2, -0.15) is 4.39 Å². The van der Waals surface area contributed by atoms with Crippen molar-refractivity contribution < 1.29 is 13.9 Å². The van der Waals surface area contributed by atoms with Crippen molar-refractivity contribution in [2.45, 2.75) is 50.7 Å². The van der Waals surface area contributed by atoms with Crippen LogP contribution in [-0.2, 0) is 4.74 Å². The number of hydrogen-bond donors (Lipinski definition) is 0. The summed E-state index contributed by atoms with van der Waals surface area (Å²) < 4.78 is 21.6. The van der Waals surface area contributed by atoms with Crippen LogP contribution in [0.15, 0.2) is 55.0 Å². The van der Waals surface area contributed by atoms with Crippen molar-refractivity contribution >= 4 is 5.97 Å². The van der Waals surface area contributed by atoms with Gasteiger partial charge in [-0.1, -0.05) is 43.3 Å². The monoisotopic (exact) mass is 354 g/mol. The molecule has 1 atom stereocenters. The molecule has 4 nitrogen and oxygen atoms in total. The second-order valence-electron chi connectivity index (χ2n) is 6.74. The molecular weight excluding hydrogens is 331 g/mol. The Bertz CT molecular complexity index is 816. The van der Waals surface area contributed by atoms with Gasteiger partial charge in [-0.3, -0.25) is 0 Å². The van der Waals surface area contributed by atoms with Crippen LogP contribution in [0.3, 0.4) is 0 Å². The molecule has 5 heteroatoms. The van der Waals surface area contributed by atoms with E-state index in [4.69, 9.17) is 4.74 Å². The van der Waals surface area contributed by atoms with Crippen molar-refractivity contribution in [3.63, 3.8) is 0 Å². The van der Waals surface area contributed by atoms with E-state index in [-0.39, 0.29) is 11.7 Å². The first-order valence-corrected chi connectivity index (χ1v) is 8.94. The molecule has 0 spiro atoms. The summed E-state index contributed by atoms with van der Waals surface area (Å²) in [6, 6.07) is 9.34. The van der Waals surface area contributed by atoms with Crippen LogP contribution in [-0.4, -0.2) is 21.1 Å². The van der Waals surface area contributed by atoms with Crippen molar-refractivity contribution in [2.75, 3.05) is 0 Å². The van der Waals surface area contributed by atoms with Gasteiger partial charge in [0.2, 0.25) is 5.95 Å². The zero-order valence-corrected chi connectivity index (χ0v) is 15.0. The van der Waals surface area contributed by atoms with Crippen LogP contribution in [0.25, 0.3) is 0 Å². The molecule has 0 aliphatic heterocycles. The van der Waals surface area contributed by atoms with Crippen LogP contribution < -0.4 is 0 Å². The minimum absolute atomic E-state index is 0.149. The first kappa shape index (κ1) is 18.2. The number of benzene rings is 1. The highest BCUT2D eigenvalue weighted by Crippen LogP contribution is 2.34. The molecule has 1 aliphatic carbocycles. The number of imidazole rings is 1. The minimum atomic E-state index is -0.814. The predicted molar refractivity (Wildman–Crippen MR) is 97.4 cm³/mol. The predicted octanol–water partition coefficient (Wildman–Crippen LogP) is 4.83. The van der Waals surface area contributed by atoms with Gasteiger partial charge in [0.05, 0.1) is 12.4 Å². The number of carbonyl (C=O) groups excluding carboxylic acids is 1. The topological polar surface area (TPSA) is 44.1 Å². The van der Waals surface area contributed by atoms with Gasteiger partial charge in [0.1, 0.15) is 5.60 Å². The average molecular weight is 354 g/mol. The molecule has 0 N–H and O–H groups in total. The fraction of sp³-hybridized carbons (Fsp3) is 0.381. The number of carbonyl (C=O) groups is 1. The van der Waals surface area contributed by atoms with E-state index in [9.17, 15) is 9.18 Å². The third kappa shape index (κ3) is 3.63. The molecule has 1 aromatic heterocycles. The normalized spacial score (nSPS) is 17.2. The van der Waals surface area contributed by atoms with Crippen molar-refractivity contribution in [2.24, 2.45) is 0 Å². The van der Waals surface area contributed by atoms with Crippen LogP contribution in [0.2, 0.25) is 0 Å². The highest BCUT2D eigenvalue weighted by atomic mass is 19.1. The maximum absolute atomic E-state index is 14.3. The smallest absolute Gasteiger partial charge is 0.360 e. The molecule has 2 aromatic rings. The Morgan fingerprint density at radius 3 is 2.69 bits per heavy atom. The number of ether oxygens (including phenoxy) is 1. The van der Waals surface area contributed by atoms with Crippen LogP contribution in [0.4, 0.5) is 4.39 Å². The van der Waals surface area contributed by atoms with Crippen LogP contribution in [0.1, 0.15) is 61.1 Å². The van der Waals surface area contributed by atoms with Crippen LogP contribution >= 0.6 is 0 Å². The first-order chi connectivity index (χ1) is 12.6. The van der Waals surface area contributed by atoms with E-state index >= 15 is 0 Å². The molecule has 0 saturated heterocycles. The lowest BCUT2D eigenvalue weighted by Gasteiger charge is -2.33. The van der Waals surface area contributed by atoms with E-state index in [0.717, 1.165) is 24.8 Å². The average Bonchev–Trinajstić information content (AvgIpc) is 3.04. The Balaban J connectivity index is 1.90. The van der Waals surface area contributed by atoms with Crippen molar-refractivity contribution in [3.8, 4) is 0 Å². The summed E-state index contributed by atoms with van der Waals surface area (Å²) in [5.41, 5.74) is 2.79. The van der Waals surface area contributed by atoms with Gasteiger partial charge in [-0.05, 0) is 38.2 Å². The third-order valence-corrected chi connectivity index (χ3v) is 5.00. The molecule has 1 aliphatic rings. The quantitative estimate of drug-likeness (QED) is 0.570. The van der Waals surface area contributed by atoms with E-state index < -0.39 is 17.5 Å². The molecule has 136 valence electrons. The Hall–Kier alpha value is -2.65. The number of hydrogen-bond acceptors (Lipinski definition) is 3. The lowest BCUT2D eigenvalue weighted by atomic mass is 9.84. The summed E-state index contributed by atoms with van der Waals surface area (Å²) in [5.74, 6) is -1.51. The van der Waals surface area contributed by atoms with E-state index in [1.165, 1.54) is 10.9 Å². The summed E-state index contributed by atoms with van der Waals surface area (Å²) in [6.07, 6.45) is 7.45. The first-order valence-electron chi connectivity index (χ1n) is 8.94. The molecule has 0 radical (unpaired) electrons. The standard InChI is InChI=1S/C21H23FN2O2/c1-3-12-21(13-8-5-9-14-21)26-20(25)18-19(22)23-15-24(18)16(2)17-10-6-4-7-11-17/h4,6-7,10-12,15-16H,1,5,8-9,13-14H2,2H3/t16-/m1/s1.